The molecule has 220 valence electrons. The molecular weight excluding hydrogens is 559 g/mol. The zero-order chi connectivity index (χ0) is 30.4. The molecule has 2 amide bonds. The summed E-state index contributed by atoms with van der Waals surface area (Å²) in [7, 11) is -3.02. The zero-order valence-electron chi connectivity index (χ0n) is 23.1. The highest BCUT2D eigenvalue weighted by Gasteiger charge is 2.35. The zero-order valence-corrected chi connectivity index (χ0v) is 23.9. The predicted octanol–water partition coefficient (Wildman–Crippen LogP) is 4.85. The lowest BCUT2D eigenvalue weighted by atomic mass is 10.1. The van der Waals surface area contributed by atoms with Gasteiger partial charge in [0, 0.05) is 12.6 Å². The predicted molar refractivity (Wildman–Crippen MR) is 149 cm³/mol. The fourth-order valence-electron chi connectivity index (χ4n) is 4.04. The first-order valence-electron chi connectivity index (χ1n) is 12.7. The van der Waals surface area contributed by atoms with Crippen molar-refractivity contribution in [3.8, 4) is 5.75 Å². The molecule has 0 saturated heterocycles. The van der Waals surface area contributed by atoms with E-state index in [4.69, 9.17) is 4.74 Å². The first kappa shape index (κ1) is 31.5. The van der Waals surface area contributed by atoms with E-state index in [2.05, 4.69) is 5.32 Å². The van der Waals surface area contributed by atoms with Crippen molar-refractivity contribution in [1.29, 1.82) is 0 Å². The van der Waals surface area contributed by atoms with Crippen molar-refractivity contribution in [2.45, 2.75) is 50.5 Å². The van der Waals surface area contributed by atoms with Crippen molar-refractivity contribution >= 4 is 27.5 Å². The molecule has 0 saturated carbocycles. The number of hydrogen-bond donors (Lipinski definition) is 1. The second-order valence-corrected chi connectivity index (χ2v) is 11.4. The molecule has 0 aliphatic carbocycles. The number of hydrogen-bond acceptors (Lipinski definition) is 5. The highest BCUT2D eigenvalue weighted by atomic mass is 32.2. The topological polar surface area (TPSA) is 96.0 Å². The Bertz CT molecular complexity index is 1460. The fraction of sp³-hybridized carbons (Fsp3) is 0.310. The molecule has 0 aliphatic heterocycles. The van der Waals surface area contributed by atoms with Crippen molar-refractivity contribution < 1.29 is 35.9 Å². The molecule has 0 spiro atoms. The molecule has 0 fully saturated rings. The number of halogens is 3. The van der Waals surface area contributed by atoms with Gasteiger partial charge in [-0.25, -0.2) is 8.42 Å². The van der Waals surface area contributed by atoms with Gasteiger partial charge in [0.05, 0.1) is 23.3 Å². The third kappa shape index (κ3) is 8.00. The van der Waals surface area contributed by atoms with Gasteiger partial charge in [0.25, 0.3) is 10.0 Å². The highest BCUT2D eigenvalue weighted by molar-refractivity contribution is 7.92. The Hall–Kier alpha value is -4.06. The Balaban J connectivity index is 2.09. The Kier molecular flexibility index (Phi) is 10.0. The Labute approximate surface area is 237 Å². The summed E-state index contributed by atoms with van der Waals surface area (Å²) in [6.45, 7) is 4.05. The van der Waals surface area contributed by atoms with E-state index in [1.54, 1.807) is 44.2 Å². The number of nitrogens with one attached hydrogen (secondary N) is 1. The van der Waals surface area contributed by atoms with Gasteiger partial charge in [-0.05, 0) is 68.8 Å². The molecular formula is C29H32F3N3O5S. The molecule has 0 bridgehead atoms. The summed E-state index contributed by atoms with van der Waals surface area (Å²) in [6, 6.07) is 16.3. The lowest BCUT2D eigenvalue weighted by Gasteiger charge is -2.32. The first-order chi connectivity index (χ1) is 19.2. The molecule has 3 aromatic rings. The van der Waals surface area contributed by atoms with Crippen LogP contribution in [0, 0.1) is 0 Å². The van der Waals surface area contributed by atoms with Crippen molar-refractivity contribution in [3.05, 3.63) is 90.0 Å². The second kappa shape index (κ2) is 13.1. The average molecular weight is 592 g/mol. The van der Waals surface area contributed by atoms with Crippen LogP contribution in [0.3, 0.4) is 0 Å². The maximum absolute atomic E-state index is 13.9. The summed E-state index contributed by atoms with van der Waals surface area (Å²) in [4.78, 5) is 27.8. The Morgan fingerprint density at radius 3 is 2.20 bits per heavy atom. The van der Waals surface area contributed by atoms with Crippen LogP contribution in [0.25, 0.3) is 0 Å². The smallest absolute Gasteiger partial charge is 0.416 e. The van der Waals surface area contributed by atoms with Gasteiger partial charge in [0.1, 0.15) is 18.3 Å². The van der Waals surface area contributed by atoms with Crippen LogP contribution in [-0.4, -0.2) is 50.9 Å². The highest BCUT2D eigenvalue weighted by Crippen LogP contribution is 2.33. The SMILES string of the molecule is COc1cccc(CN(C(=O)CN(c2cccc(C(F)(F)F)c2)S(=O)(=O)c2ccccc2)[C@@H](C)C(=O)NC(C)C)c1. The summed E-state index contributed by atoms with van der Waals surface area (Å²) in [5.74, 6) is -0.768. The van der Waals surface area contributed by atoms with Gasteiger partial charge in [-0.1, -0.05) is 36.4 Å². The lowest BCUT2D eigenvalue weighted by molar-refractivity contribution is -0.139. The number of carbonyl (C=O) groups is 2. The molecule has 1 atom stereocenters. The maximum Gasteiger partial charge on any atom is 0.416 e. The molecule has 0 unspecified atom stereocenters. The number of alkyl halides is 3. The second-order valence-electron chi connectivity index (χ2n) is 9.59. The summed E-state index contributed by atoms with van der Waals surface area (Å²) < 4.78 is 74.0. The molecule has 12 heteroatoms. The number of amides is 2. The molecule has 41 heavy (non-hydrogen) atoms. The Morgan fingerprint density at radius 1 is 0.927 bits per heavy atom. The number of rotatable bonds is 11. The van der Waals surface area contributed by atoms with E-state index in [1.807, 2.05) is 0 Å². The van der Waals surface area contributed by atoms with Crippen LogP contribution in [0.15, 0.2) is 83.8 Å². The number of sulfonamides is 1. The van der Waals surface area contributed by atoms with Crippen LogP contribution in [0.1, 0.15) is 31.9 Å². The van der Waals surface area contributed by atoms with E-state index < -0.39 is 46.2 Å². The molecule has 1 N–H and O–H groups in total. The molecule has 0 heterocycles. The van der Waals surface area contributed by atoms with Crippen molar-refractivity contribution in [3.63, 3.8) is 0 Å². The maximum atomic E-state index is 13.9. The van der Waals surface area contributed by atoms with Crippen LogP contribution in [-0.2, 0) is 32.3 Å². The lowest BCUT2D eigenvalue weighted by Crippen LogP contribution is -2.52. The monoisotopic (exact) mass is 591 g/mol. The van der Waals surface area contributed by atoms with Crippen LogP contribution in [0.2, 0.25) is 0 Å². The van der Waals surface area contributed by atoms with Gasteiger partial charge in [-0.15, -0.1) is 0 Å². The largest absolute Gasteiger partial charge is 0.497 e. The molecule has 3 aromatic carbocycles. The van der Waals surface area contributed by atoms with Gasteiger partial charge >= 0.3 is 6.18 Å². The van der Waals surface area contributed by atoms with Crippen LogP contribution in [0.5, 0.6) is 5.75 Å². The number of carbonyl (C=O) groups excluding carboxylic acids is 2. The number of benzene rings is 3. The normalized spacial score (nSPS) is 12.5. The minimum Gasteiger partial charge on any atom is -0.497 e. The summed E-state index contributed by atoms with van der Waals surface area (Å²) in [5.41, 5.74) is -0.829. The summed E-state index contributed by atoms with van der Waals surface area (Å²) >= 11 is 0. The summed E-state index contributed by atoms with van der Waals surface area (Å²) in [6.07, 6.45) is -4.75. The number of anilines is 1. The van der Waals surface area contributed by atoms with Crippen LogP contribution >= 0.6 is 0 Å². The third-order valence-corrected chi connectivity index (χ3v) is 7.94. The van der Waals surface area contributed by atoms with E-state index >= 15 is 0 Å². The van der Waals surface area contributed by atoms with E-state index in [9.17, 15) is 31.2 Å². The minimum atomic E-state index is -4.75. The molecule has 3 rings (SSSR count). The van der Waals surface area contributed by atoms with E-state index in [0.717, 1.165) is 12.1 Å². The quantitative estimate of drug-likeness (QED) is 0.344. The van der Waals surface area contributed by atoms with E-state index in [1.165, 1.54) is 49.3 Å². The van der Waals surface area contributed by atoms with E-state index in [-0.39, 0.29) is 23.2 Å². The third-order valence-electron chi connectivity index (χ3n) is 6.16. The van der Waals surface area contributed by atoms with Gasteiger partial charge < -0.3 is 15.0 Å². The van der Waals surface area contributed by atoms with Gasteiger partial charge in [0.2, 0.25) is 11.8 Å². The summed E-state index contributed by atoms with van der Waals surface area (Å²) in [5, 5.41) is 2.74. The van der Waals surface area contributed by atoms with Gasteiger partial charge in [-0.2, -0.15) is 13.2 Å². The van der Waals surface area contributed by atoms with Gasteiger partial charge in [-0.3, -0.25) is 13.9 Å². The van der Waals surface area contributed by atoms with Crippen molar-refractivity contribution in [2.75, 3.05) is 18.0 Å². The number of nitrogens with zero attached hydrogens (tertiary/aromatic N) is 2. The standard InChI is InChI=1S/C29H32F3N3O5S/c1-20(2)33-28(37)21(3)34(18-22-10-8-13-25(16-22)40-4)27(36)19-35(41(38,39)26-14-6-5-7-15-26)24-12-9-11-23(17-24)29(30,31)32/h5-17,20-21H,18-19H2,1-4H3,(H,33,37)/t21-/m0/s1. The Morgan fingerprint density at radius 2 is 1.59 bits per heavy atom. The van der Waals surface area contributed by atoms with E-state index in [0.29, 0.717) is 21.7 Å². The molecule has 8 nitrogen and oxygen atoms in total. The molecule has 0 radical (unpaired) electrons. The number of ether oxygens (including phenoxy) is 1. The average Bonchev–Trinajstić information content (AvgIpc) is 2.93. The minimum absolute atomic E-state index is 0.0927. The van der Waals surface area contributed by atoms with Crippen molar-refractivity contribution in [1.82, 2.24) is 10.2 Å². The van der Waals surface area contributed by atoms with Crippen LogP contribution in [0.4, 0.5) is 18.9 Å². The van der Waals surface area contributed by atoms with Gasteiger partial charge in [0.15, 0.2) is 0 Å². The first-order valence-corrected chi connectivity index (χ1v) is 14.2. The molecule has 0 aromatic heterocycles. The van der Waals surface area contributed by atoms with Crippen molar-refractivity contribution in [2.24, 2.45) is 0 Å². The molecule has 0 aliphatic rings. The van der Waals surface area contributed by atoms with Crippen LogP contribution < -0.4 is 14.4 Å². The fourth-order valence-corrected chi connectivity index (χ4v) is 5.47. The number of methoxy groups -OCH3 is 1.